The molecular formula is C21H17F2NO. The van der Waals surface area contributed by atoms with E-state index >= 15 is 0 Å². The van der Waals surface area contributed by atoms with Crippen molar-refractivity contribution in [1.82, 2.24) is 0 Å². The SMILES string of the molecule is Cc1cc(F)cc(C(=O)N(C)c2ccccc2-c2ccccc2)c1F. The molecule has 4 heteroatoms. The number of amides is 1. The van der Waals surface area contributed by atoms with Crippen LogP contribution in [0.15, 0.2) is 66.7 Å². The third kappa shape index (κ3) is 3.29. The second kappa shape index (κ2) is 6.85. The summed E-state index contributed by atoms with van der Waals surface area (Å²) in [5.74, 6) is -1.93. The van der Waals surface area contributed by atoms with Gasteiger partial charge in [0, 0.05) is 12.6 Å². The normalized spacial score (nSPS) is 10.6. The van der Waals surface area contributed by atoms with E-state index in [-0.39, 0.29) is 11.1 Å². The van der Waals surface area contributed by atoms with Crippen molar-refractivity contribution in [3.05, 3.63) is 89.5 Å². The number of carbonyl (C=O) groups excluding carboxylic acids is 1. The quantitative estimate of drug-likeness (QED) is 0.642. The number of hydrogen-bond acceptors (Lipinski definition) is 1. The first-order valence-corrected chi connectivity index (χ1v) is 7.87. The van der Waals surface area contributed by atoms with Gasteiger partial charge in [-0.1, -0.05) is 48.5 Å². The highest BCUT2D eigenvalue weighted by molar-refractivity contribution is 6.08. The summed E-state index contributed by atoms with van der Waals surface area (Å²) >= 11 is 0. The largest absolute Gasteiger partial charge is 0.311 e. The standard InChI is InChI=1S/C21H17F2NO/c1-14-12-16(22)13-18(20(14)23)21(25)24(2)19-11-7-6-10-17(19)15-8-4-3-5-9-15/h3-13H,1-2H3. The molecule has 3 aromatic carbocycles. The van der Waals surface area contributed by atoms with E-state index in [2.05, 4.69) is 0 Å². The minimum absolute atomic E-state index is 0.105. The molecule has 0 saturated carbocycles. The van der Waals surface area contributed by atoms with Gasteiger partial charge >= 0.3 is 0 Å². The number of aryl methyl sites for hydroxylation is 1. The third-order valence-electron chi connectivity index (χ3n) is 4.10. The molecular weight excluding hydrogens is 320 g/mol. The highest BCUT2D eigenvalue weighted by Gasteiger charge is 2.22. The lowest BCUT2D eigenvalue weighted by Gasteiger charge is -2.21. The fourth-order valence-electron chi connectivity index (χ4n) is 2.80. The van der Waals surface area contributed by atoms with Crippen LogP contribution < -0.4 is 4.90 Å². The van der Waals surface area contributed by atoms with Crippen LogP contribution in [-0.4, -0.2) is 13.0 Å². The summed E-state index contributed by atoms with van der Waals surface area (Å²) in [6.07, 6.45) is 0. The second-order valence-electron chi connectivity index (χ2n) is 5.83. The molecule has 25 heavy (non-hydrogen) atoms. The van der Waals surface area contributed by atoms with Crippen LogP contribution in [0.3, 0.4) is 0 Å². The summed E-state index contributed by atoms with van der Waals surface area (Å²) in [6.45, 7) is 1.44. The summed E-state index contributed by atoms with van der Waals surface area (Å²) in [6, 6.07) is 18.9. The Morgan fingerprint density at radius 3 is 2.28 bits per heavy atom. The van der Waals surface area contributed by atoms with Gasteiger partial charge in [0.25, 0.3) is 5.91 Å². The number of para-hydroxylation sites is 1. The van der Waals surface area contributed by atoms with Crippen LogP contribution in [0.1, 0.15) is 15.9 Å². The van der Waals surface area contributed by atoms with Crippen molar-refractivity contribution >= 4 is 11.6 Å². The van der Waals surface area contributed by atoms with Crippen LogP contribution in [0, 0.1) is 18.6 Å². The molecule has 2 nitrogen and oxygen atoms in total. The van der Waals surface area contributed by atoms with Crippen molar-refractivity contribution in [3.8, 4) is 11.1 Å². The molecule has 0 aliphatic heterocycles. The Morgan fingerprint density at radius 1 is 0.920 bits per heavy atom. The average molecular weight is 337 g/mol. The maximum Gasteiger partial charge on any atom is 0.261 e. The van der Waals surface area contributed by atoms with E-state index in [1.807, 2.05) is 42.5 Å². The number of benzene rings is 3. The van der Waals surface area contributed by atoms with Gasteiger partial charge < -0.3 is 4.90 Å². The fourth-order valence-corrected chi connectivity index (χ4v) is 2.80. The minimum atomic E-state index is -0.699. The van der Waals surface area contributed by atoms with Gasteiger partial charge in [-0.05, 0) is 36.2 Å². The molecule has 0 fully saturated rings. The zero-order valence-corrected chi connectivity index (χ0v) is 14.0. The van der Waals surface area contributed by atoms with Crippen molar-refractivity contribution in [2.24, 2.45) is 0 Å². The van der Waals surface area contributed by atoms with Crippen LogP contribution in [0.5, 0.6) is 0 Å². The van der Waals surface area contributed by atoms with Crippen molar-refractivity contribution in [3.63, 3.8) is 0 Å². The molecule has 0 aromatic heterocycles. The highest BCUT2D eigenvalue weighted by Crippen LogP contribution is 2.31. The summed E-state index contributed by atoms with van der Waals surface area (Å²) in [5.41, 5.74) is 2.23. The first-order valence-electron chi connectivity index (χ1n) is 7.87. The molecule has 0 aliphatic rings. The van der Waals surface area contributed by atoms with Gasteiger partial charge in [0.15, 0.2) is 0 Å². The predicted octanol–water partition coefficient (Wildman–Crippen LogP) is 5.22. The van der Waals surface area contributed by atoms with Crippen molar-refractivity contribution in [1.29, 1.82) is 0 Å². The van der Waals surface area contributed by atoms with Crippen molar-refractivity contribution in [2.75, 3.05) is 11.9 Å². The van der Waals surface area contributed by atoms with Crippen molar-refractivity contribution in [2.45, 2.75) is 6.92 Å². The molecule has 0 atom stereocenters. The molecule has 1 amide bonds. The first-order chi connectivity index (χ1) is 12.0. The van der Waals surface area contributed by atoms with Gasteiger partial charge in [0.05, 0.1) is 11.3 Å². The lowest BCUT2D eigenvalue weighted by Crippen LogP contribution is -2.28. The molecule has 0 spiro atoms. The maximum atomic E-state index is 14.3. The van der Waals surface area contributed by atoms with E-state index in [0.29, 0.717) is 5.69 Å². The average Bonchev–Trinajstić information content (AvgIpc) is 2.64. The van der Waals surface area contributed by atoms with E-state index in [1.54, 1.807) is 19.2 Å². The van der Waals surface area contributed by atoms with E-state index in [4.69, 9.17) is 0 Å². The molecule has 0 aliphatic carbocycles. The van der Waals surface area contributed by atoms with Crippen LogP contribution >= 0.6 is 0 Å². The molecule has 0 bridgehead atoms. The Labute approximate surface area is 145 Å². The zero-order chi connectivity index (χ0) is 18.0. The monoisotopic (exact) mass is 337 g/mol. The first kappa shape index (κ1) is 16.8. The Balaban J connectivity index is 2.05. The van der Waals surface area contributed by atoms with Gasteiger partial charge in [-0.15, -0.1) is 0 Å². The van der Waals surface area contributed by atoms with E-state index in [0.717, 1.165) is 23.3 Å². The number of anilines is 1. The topological polar surface area (TPSA) is 20.3 Å². The lowest BCUT2D eigenvalue weighted by atomic mass is 10.0. The molecule has 0 heterocycles. The second-order valence-corrected chi connectivity index (χ2v) is 5.83. The van der Waals surface area contributed by atoms with Crippen LogP contribution in [0.25, 0.3) is 11.1 Å². The number of halogens is 2. The summed E-state index contributed by atoms with van der Waals surface area (Å²) in [4.78, 5) is 14.1. The van der Waals surface area contributed by atoms with Crippen LogP contribution in [-0.2, 0) is 0 Å². The Bertz CT molecular complexity index is 922. The number of carbonyl (C=O) groups is 1. The highest BCUT2D eigenvalue weighted by atomic mass is 19.1. The maximum absolute atomic E-state index is 14.3. The summed E-state index contributed by atoms with van der Waals surface area (Å²) < 4.78 is 28.0. The van der Waals surface area contributed by atoms with Gasteiger partial charge in [-0.25, -0.2) is 8.78 Å². The molecule has 3 rings (SSSR count). The molecule has 3 aromatic rings. The van der Waals surface area contributed by atoms with Gasteiger partial charge in [-0.3, -0.25) is 4.79 Å². The molecule has 0 N–H and O–H groups in total. The molecule has 126 valence electrons. The van der Waals surface area contributed by atoms with E-state index in [9.17, 15) is 13.6 Å². The van der Waals surface area contributed by atoms with E-state index < -0.39 is 17.5 Å². The molecule has 0 unspecified atom stereocenters. The van der Waals surface area contributed by atoms with Crippen LogP contribution in [0.4, 0.5) is 14.5 Å². The predicted molar refractivity (Wildman–Crippen MR) is 95.7 cm³/mol. The zero-order valence-electron chi connectivity index (χ0n) is 14.0. The summed E-state index contributed by atoms with van der Waals surface area (Å²) in [7, 11) is 1.56. The molecule has 0 saturated heterocycles. The molecule has 0 radical (unpaired) electrons. The number of rotatable bonds is 3. The van der Waals surface area contributed by atoms with E-state index in [1.165, 1.54) is 11.8 Å². The fraction of sp³-hybridized carbons (Fsp3) is 0.0952. The Kier molecular flexibility index (Phi) is 4.61. The van der Waals surface area contributed by atoms with Crippen molar-refractivity contribution < 1.29 is 13.6 Å². The summed E-state index contributed by atoms with van der Waals surface area (Å²) in [5, 5.41) is 0. The lowest BCUT2D eigenvalue weighted by molar-refractivity contribution is 0.0988. The van der Waals surface area contributed by atoms with Gasteiger partial charge in [-0.2, -0.15) is 0 Å². The number of nitrogens with zero attached hydrogens (tertiary/aromatic N) is 1. The third-order valence-corrected chi connectivity index (χ3v) is 4.10. The Hall–Kier alpha value is -3.01. The van der Waals surface area contributed by atoms with Gasteiger partial charge in [0.2, 0.25) is 0 Å². The van der Waals surface area contributed by atoms with Crippen LogP contribution in [0.2, 0.25) is 0 Å². The minimum Gasteiger partial charge on any atom is -0.311 e. The number of hydrogen-bond donors (Lipinski definition) is 0. The van der Waals surface area contributed by atoms with Gasteiger partial charge in [0.1, 0.15) is 11.6 Å². The smallest absolute Gasteiger partial charge is 0.261 e. The Morgan fingerprint density at radius 2 is 1.56 bits per heavy atom.